The first-order valence-electron chi connectivity index (χ1n) is 5.87. The largest absolute Gasteiger partial charge is 0.321 e. The molecule has 0 bridgehead atoms. The van der Waals surface area contributed by atoms with E-state index in [0.717, 1.165) is 23.7 Å². The quantitative estimate of drug-likeness (QED) is 0.898. The van der Waals surface area contributed by atoms with Gasteiger partial charge in [-0.25, -0.2) is 0 Å². The summed E-state index contributed by atoms with van der Waals surface area (Å²) in [5.74, 6) is -0.0312. The van der Waals surface area contributed by atoms with Crippen LogP contribution in [-0.2, 0) is 13.1 Å². The van der Waals surface area contributed by atoms with E-state index >= 15 is 0 Å². The number of anilines is 1. The molecule has 1 aliphatic heterocycles. The summed E-state index contributed by atoms with van der Waals surface area (Å²) in [6, 6.07) is 9.87. The highest BCUT2D eigenvalue weighted by molar-refractivity contribution is 7.12. The van der Waals surface area contributed by atoms with Gasteiger partial charge in [0, 0.05) is 18.8 Å². The molecule has 0 saturated heterocycles. The average molecular weight is 258 g/mol. The molecular weight excluding hydrogens is 244 g/mol. The van der Waals surface area contributed by atoms with E-state index in [-0.39, 0.29) is 5.91 Å². The number of nitrogens with zero attached hydrogens (tertiary/aromatic N) is 1. The number of hydrogen-bond donors (Lipinski definition) is 1. The van der Waals surface area contributed by atoms with E-state index in [4.69, 9.17) is 0 Å². The Morgan fingerprint density at radius 2 is 2.11 bits per heavy atom. The van der Waals surface area contributed by atoms with E-state index < -0.39 is 0 Å². The normalized spacial score (nSPS) is 14.5. The molecule has 2 aromatic rings. The Kier molecular flexibility index (Phi) is 2.89. The highest BCUT2D eigenvalue weighted by atomic mass is 32.1. The molecule has 1 aromatic carbocycles. The van der Waals surface area contributed by atoms with Crippen LogP contribution in [0, 0.1) is 0 Å². The Balaban J connectivity index is 1.78. The first-order chi connectivity index (χ1) is 8.72. The fourth-order valence-corrected chi connectivity index (χ4v) is 2.86. The van der Waals surface area contributed by atoms with E-state index in [1.165, 1.54) is 22.5 Å². The minimum Gasteiger partial charge on any atom is -0.321 e. The SMILES string of the molecule is CN1Cc2ccc(NC(=O)c3cccs3)cc2C1. The minimum absolute atomic E-state index is 0.0312. The van der Waals surface area contributed by atoms with Gasteiger partial charge in [0.25, 0.3) is 5.91 Å². The lowest BCUT2D eigenvalue weighted by Crippen LogP contribution is -2.10. The van der Waals surface area contributed by atoms with Gasteiger partial charge in [-0.3, -0.25) is 9.69 Å². The van der Waals surface area contributed by atoms with Crippen molar-refractivity contribution in [2.24, 2.45) is 0 Å². The van der Waals surface area contributed by atoms with Crippen LogP contribution < -0.4 is 5.32 Å². The predicted octanol–water partition coefficient (Wildman–Crippen LogP) is 2.95. The molecule has 0 atom stereocenters. The summed E-state index contributed by atoms with van der Waals surface area (Å²) >= 11 is 1.46. The van der Waals surface area contributed by atoms with Crippen molar-refractivity contribution in [3.63, 3.8) is 0 Å². The van der Waals surface area contributed by atoms with Crippen LogP contribution in [0.3, 0.4) is 0 Å². The highest BCUT2D eigenvalue weighted by Crippen LogP contribution is 2.25. The molecule has 2 heterocycles. The van der Waals surface area contributed by atoms with Gasteiger partial charge in [0.2, 0.25) is 0 Å². The molecule has 0 unspecified atom stereocenters. The third kappa shape index (κ3) is 2.17. The van der Waals surface area contributed by atoms with Gasteiger partial charge < -0.3 is 5.32 Å². The summed E-state index contributed by atoms with van der Waals surface area (Å²) in [5.41, 5.74) is 3.54. The number of carbonyl (C=O) groups excluding carboxylic acids is 1. The van der Waals surface area contributed by atoms with Gasteiger partial charge >= 0.3 is 0 Å². The Hall–Kier alpha value is -1.65. The lowest BCUT2D eigenvalue weighted by molar-refractivity contribution is 0.103. The molecule has 18 heavy (non-hydrogen) atoms. The molecule has 1 N–H and O–H groups in total. The second kappa shape index (κ2) is 4.55. The Morgan fingerprint density at radius 1 is 1.28 bits per heavy atom. The lowest BCUT2D eigenvalue weighted by Gasteiger charge is -2.05. The Bertz CT molecular complexity index is 577. The number of amides is 1. The molecule has 1 aromatic heterocycles. The number of rotatable bonds is 2. The van der Waals surface area contributed by atoms with E-state index in [9.17, 15) is 4.79 Å². The molecule has 0 aliphatic carbocycles. The second-order valence-corrected chi connectivity index (χ2v) is 5.53. The average Bonchev–Trinajstić information content (AvgIpc) is 2.95. The summed E-state index contributed by atoms with van der Waals surface area (Å²) < 4.78 is 0. The zero-order chi connectivity index (χ0) is 12.5. The Morgan fingerprint density at radius 3 is 2.89 bits per heavy atom. The molecule has 0 saturated carbocycles. The van der Waals surface area contributed by atoms with Gasteiger partial charge in [0.05, 0.1) is 4.88 Å². The summed E-state index contributed by atoms with van der Waals surface area (Å²) in [6.45, 7) is 1.95. The Labute approximate surface area is 110 Å². The molecule has 0 spiro atoms. The van der Waals surface area contributed by atoms with Gasteiger partial charge in [-0.1, -0.05) is 12.1 Å². The van der Waals surface area contributed by atoms with Crippen molar-refractivity contribution >= 4 is 22.9 Å². The zero-order valence-corrected chi connectivity index (χ0v) is 11.0. The summed E-state index contributed by atoms with van der Waals surface area (Å²) in [7, 11) is 2.10. The molecule has 3 rings (SSSR count). The van der Waals surface area contributed by atoms with Gasteiger partial charge in [0.15, 0.2) is 0 Å². The topological polar surface area (TPSA) is 32.3 Å². The standard InChI is InChI=1S/C14H14N2OS/c1-16-8-10-4-5-12(7-11(10)9-16)15-14(17)13-3-2-6-18-13/h2-7H,8-9H2,1H3,(H,15,17). The van der Waals surface area contributed by atoms with Crippen molar-refractivity contribution in [1.82, 2.24) is 4.90 Å². The first-order valence-corrected chi connectivity index (χ1v) is 6.75. The van der Waals surface area contributed by atoms with Crippen molar-refractivity contribution in [3.8, 4) is 0 Å². The molecule has 3 nitrogen and oxygen atoms in total. The van der Waals surface area contributed by atoms with E-state index in [1.807, 2.05) is 23.6 Å². The maximum atomic E-state index is 11.9. The van der Waals surface area contributed by atoms with Crippen molar-refractivity contribution in [1.29, 1.82) is 0 Å². The van der Waals surface area contributed by atoms with Gasteiger partial charge in [-0.2, -0.15) is 0 Å². The van der Waals surface area contributed by atoms with Crippen LogP contribution in [0.4, 0.5) is 5.69 Å². The maximum absolute atomic E-state index is 11.9. The minimum atomic E-state index is -0.0312. The first kappa shape index (κ1) is 11.4. The molecule has 4 heteroatoms. The number of hydrogen-bond acceptors (Lipinski definition) is 3. The summed E-state index contributed by atoms with van der Waals surface area (Å²) in [4.78, 5) is 14.9. The molecule has 92 valence electrons. The van der Waals surface area contributed by atoms with Crippen LogP contribution in [0.1, 0.15) is 20.8 Å². The van der Waals surface area contributed by atoms with Crippen LogP contribution in [0.5, 0.6) is 0 Å². The van der Waals surface area contributed by atoms with Crippen LogP contribution >= 0.6 is 11.3 Å². The maximum Gasteiger partial charge on any atom is 0.265 e. The summed E-state index contributed by atoms with van der Waals surface area (Å²) in [5, 5.41) is 4.85. The van der Waals surface area contributed by atoms with Crippen LogP contribution in [0.15, 0.2) is 35.7 Å². The summed E-state index contributed by atoms with van der Waals surface area (Å²) in [6.07, 6.45) is 0. The number of benzene rings is 1. The molecular formula is C14H14N2OS. The number of carbonyl (C=O) groups is 1. The fourth-order valence-electron chi connectivity index (χ4n) is 2.24. The third-order valence-corrected chi connectivity index (χ3v) is 3.96. The van der Waals surface area contributed by atoms with Crippen molar-refractivity contribution < 1.29 is 4.79 Å². The molecule has 1 amide bonds. The number of thiophene rings is 1. The van der Waals surface area contributed by atoms with E-state index in [0.29, 0.717) is 0 Å². The second-order valence-electron chi connectivity index (χ2n) is 4.59. The van der Waals surface area contributed by atoms with Crippen molar-refractivity contribution in [2.45, 2.75) is 13.1 Å². The highest BCUT2D eigenvalue weighted by Gasteiger charge is 2.16. The van der Waals surface area contributed by atoms with Crippen molar-refractivity contribution in [3.05, 3.63) is 51.7 Å². The van der Waals surface area contributed by atoms with Crippen molar-refractivity contribution in [2.75, 3.05) is 12.4 Å². The fraction of sp³-hybridized carbons (Fsp3) is 0.214. The van der Waals surface area contributed by atoms with Gasteiger partial charge in [-0.15, -0.1) is 11.3 Å². The predicted molar refractivity (Wildman–Crippen MR) is 73.9 cm³/mol. The lowest BCUT2D eigenvalue weighted by atomic mass is 10.1. The zero-order valence-electron chi connectivity index (χ0n) is 10.1. The number of fused-ring (bicyclic) bond motifs is 1. The monoisotopic (exact) mass is 258 g/mol. The van der Waals surface area contributed by atoms with Crippen LogP contribution in [-0.4, -0.2) is 17.9 Å². The van der Waals surface area contributed by atoms with E-state index in [2.05, 4.69) is 29.4 Å². The van der Waals surface area contributed by atoms with E-state index in [1.54, 1.807) is 0 Å². The van der Waals surface area contributed by atoms with Crippen LogP contribution in [0.25, 0.3) is 0 Å². The smallest absolute Gasteiger partial charge is 0.265 e. The molecule has 1 aliphatic rings. The number of nitrogens with one attached hydrogen (secondary N) is 1. The van der Waals surface area contributed by atoms with Crippen LogP contribution in [0.2, 0.25) is 0 Å². The van der Waals surface area contributed by atoms with Gasteiger partial charge in [-0.05, 0) is 41.8 Å². The third-order valence-electron chi connectivity index (χ3n) is 3.09. The molecule has 0 fully saturated rings. The molecule has 0 radical (unpaired) electrons. The van der Waals surface area contributed by atoms with Gasteiger partial charge in [0.1, 0.15) is 0 Å².